The number of fused-ring (bicyclic) bond motifs is 2. The van der Waals surface area contributed by atoms with Gasteiger partial charge in [-0.15, -0.1) is 0 Å². The third kappa shape index (κ3) is 6.38. The Labute approximate surface area is 314 Å². The quantitative estimate of drug-likeness (QED) is 0.141. The predicted octanol–water partition coefficient (Wildman–Crippen LogP) is 14.8. The van der Waals surface area contributed by atoms with Crippen LogP contribution < -0.4 is 0 Å². The van der Waals surface area contributed by atoms with Crippen LogP contribution in [0.3, 0.4) is 0 Å². The Morgan fingerprint density at radius 1 is 0.660 bits per heavy atom. The molecule has 0 bridgehead atoms. The van der Waals surface area contributed by atoms with E-state index in [-0.39, 0.29) is 30.9 Å². The molecule has 0 saturated carbocycles. The summed E-state index contributed by atoms with van der Waals surface area (Å²) in [5, 5.41) is 0. The first-order valence-corrected chi connectivity index (χ1v) is 34.3. The van der Waals surface area contributed by atoms with Crippen LogP contribution in [-0.2, 0) is 21.0 Å². The van der Waals surface area contributed by atoms with Gasteiger partial charge in [-0.05, 0) is 0 Å². The summed E-state index contributed by atoms with van der Waals surface area (Å²) in [5.41, 5.74) is -0.0643. The number of hydrogen-bond acceptors (Lipinski definition) is 0. The summed E-state index contributed by atoms with van der Waals surface area (Å²) in [4.78, 5) is 0. The number of rotatable bonds is 10. The summed E-state index contributed by atoms with van der Waals surface area (Å²) < 4.78 is 125. The van der Waals surface area contributed by atoms with Gasteiger partial charge < -0.3 is 0 Å². The van der Waals surface area contributed by atoms with E-state index in [0.717, 1.165) is 41.7 Å². The zero-order chi connectivity index (χ0) is 39.7. The molecule has 0 aromatic heterocycles. The zero-order valence-corrected chi connectivity index (χ0v) is 35.7. The molecule has 53 heavy (non-hydrogen) atoms. The molecule has 13 heteroatoms. The molecule has 0 amide bonds. The van der Waals surface area contributed by atoms with Crippen molar-refractivity contribution >= 4 is 35.1 Å². The van der Waals surface area contributed by atoms with Gasteiger partial charge in [0, 0.05) is 0 Å². The standard InChI is InChI=1S/C21H14F9.C17H23.C2H7Si.2ClH.Zr/c1-2-12-10-14-4-3-5-16(17(14)11-12)13-6-8-15(9-7-13)18(19(22,23)24,20(25,26)27)21(28,29)30;1-5-12(3)15-10-14-8-7-9-16(13(4)6-2)17(14)11-15;1-3-2;;;/h3-11H,2H2,1H3;7-13H,5-6H2,1-4H3;3H,1-2H3;2*1H;/q;;;;;+2/p-2. The third-order valence-electron chi connectivity index (χ3n) is 12.1. The molecule has 5 rings (SSSR count). The molecule has 0 radical (unpaired) electrons. The Bertz CT molecular complexity index is 1890. The van der Waals surface area contributed by atoms with E-state index >= 15 is 0 Å². The van der Waals surface area contributed by atoms with Crippen molar-refractivity contribution in [2.45, 2.75) is 104 Å². The van der Waals surface area contributed by atoms with Crippen LogP contribution in [0, 0.1) is 5.92 Å². The molecule has 3 aromatic carbocycles. The van der Waals surface area contributed by atoms with Gasteiger partial charge in [0.2, 0.25) is 0 Å². The van der Waals surface area contributed by atoms with Crippen molar-refractivity contribution in [2.75, 3.05) is 0 Å². The Balaban J connectivity index is 1.73. The Morgan fingerprint density at radius 2 is 1.17 bits per heavy atom. The van der Waals surface area contributed by atoms with Crippen molar-refractivity contribution in [3.63, 3.8) is 0 Å². The number of alkyl halides is 9. The molecular weight excluding hydrogens is 842 g/mol. The number of benzene rings is 3. The molecule has 0 spiro atoms. The van der Waals surface area contributed by atoms with Crippen LogP contribution in [0.15, 0.2) is 71.8 Å². The Morgan fingerprint density at radius 3 is 1.64 bits per heavy atom. The maximum atomic E-state index is 13.9. The third-order valence-corrected chi connectivity index (χ3v) is 63.9. The van der Waals surface area contributed by atoms with Crippen LogP contribution in [0.4, 0.5) is 39.5 Å². The van der Waals surface area contributed by atoms with Gasteiger partial charge in [0.15, 0.2) is 0 Å². The summed E-state index contributed by atoms with van der Waals surface area (Å²) in [6.45, 7) is 15.1. The van der Waals surface area contributed by atoms with Crippen LogP contribution in [0.1, 0.15) is 100 Å². The molecule has 0 heterocycles. The van der Waals surface area contributed by atoms with Crippen molar-refractivity contribution in [3.05, 3.63) is 105 Å². The maximum absolute atomic E-state index is 13.9. The van der Waals surface area contributed by atoms with Crippen molar-refractivity contribution in [3.8, 4) is 11.1 Å². The van der Waals surface area contributed by atoms with E-state index in [1.807, 2.05) is 19.1 Å². The monoisotopic (exact) mass is 883 g/mol. The van der Waals surface area contributed by atoms with Crippen LogP contribution in [0.2, 0.25) is 13.1 Å². The van der Waals surface area contributed by atoms with E-state index < -0.39 is 51.0 Å². The van der Waals surface area contributed by atoms with E-state index in [1.165, 1.54) is 16.7 Å². The molecule has 0 nitrogen and oxygen atoms in total. The number of hydrogen-bond donors (Lipinski definition) is 0. The molecule has 0 fully saturated rings. The van der Waals surface area contributed by atoms with Crippen LogP contribution in [-0.4, -0.2) is 24.5 Å². The summed E-state index contributed by atoms with van der Waals surface area (Å²) in [5.74, 6) is -1.46. The van der Waals surface area contributed by atoms with Gasteiger partial charge in [0.05, 0.1) is 0 Å². The first-order valence-electron chi connectivity index (χ1n) is 18.0. The molecule has 0 aliphatic heterocycles. The van der Waals surface area contributed by atoms with Gasteiger partial charge in [0.25, 0.3) is 0 Å². The minimum atomic E-state index is -6.70. The molecule has 4 atom stereocenters. The van der Waals surface area contributed by atoms with Crippen LogP contribution >= 0.6 is 17.0 Å². The summed E-state index contributed by atoms with van der Waals surface area (Å²) in [7, 11) is 16.9. The second kappa shape index (κ2) is 14.3. The zero-order valence-electron chi connectivity index (χ0n) is 30.6. The normalized spacial score (nSPS) is 20.0. The first kappa shape index (κ1) is 42.3. The second-order valence-electron chi connectivity index (χ2n) is 15.1. The molecular formula is C40H44Cl2F9SiZr. The molecule has 289 valence electrons. The fraction of sp³-hybridized carbons (Fsp3) is 0.450. The molecule has 4 unspecified atom stereocenters. The van der Waals surface area contributed by atoms with Gasteiger partial charge in [-0.25, -0.2) is 0 Å². The van der Waals surface area contributed by atoms with Crippen LogP contribution in [0.25, 0.3) is 23.3 Å². The van der Waals surface area contributed by atoms with Gasteiger partial charge >= 0.3 is 316 Å². The fourth-order valence-corrected chi connectivity index (χ4v) is 40.3. The molecule has 0 N–H and O–H groups in total. The van der Waals surface area contributed by atoms with Crippen molar-refractivity contribution in [1.82, 2.24) is 0 Å². The molecule has 0 saturated heterocycles. The van der Waals surface area contributed by atoms with Crippen molar-refractivity contribution in [1.29, 1.82) is 0 Å². The first-order chi connectivity index (χ1) is 24.4. The Kier molecular flexibility index (Phi) is 11.4. The van der Waals surface area contributed by atoms with Gasteiger partial charge in [-0.1, -0.05) is 0 Å². The molecule has 2 aliphatic rings. The van der Waals surface area contributed by atoms with E-state index in [9.17, 15) is 39.5 Å². The van der Waals surface area contributed by atoms with Crippen LogP contribution in [0.5, 0.6) is 0 Å². The van der Waals surface area contributed by atoms with Crippen molar-refractivity contribution < 1.29 is 55.1 Å². The predicted molar refractivity (Wildman–Crippen MR) is 199 cm³/mol. The van der Waals surface area contributed by atoms with Crippen molar-refractivity contribution in [2.24, 2.45) is 5.92 Å². The van der Waals surface area contributed by atoms with E-state index in [0.29, 0.717) is 23.5 Å². The summed E-state index contributed by atoms with van der Waals surface area (Å²) in [6.07, 6.45) is -13.4. The number of halogens is 11. The summed E-state index contributed by atoms with van der Waals surface area (Å²) >= 11 is -5.23. The topological polar surface area (TPSA) is 0 Å². The minimum absolute atomic E-state index is 0.170. The van der Waals surface area contributed by atoms with Gasteiger partial charge in [-0.3, -0.25) is 0 Å². The average molecular weight is 886 g/mol. The summed E-state index contributed by atoms with van der Waals surface area (Å²) in [6, 6.07) is 14.1. The Hall–Kier alpha value is -1.81. The molecule has 2 aliphatic carbocycles. The van der Waals surface area contributed by atoms with Gasteiger partial charge in [-0.2, -0.15) is 0 Å². The molecule has 3 aromatic rings. The van der Waals surface area contributed by atoms with E-state index in [2.05, 4.69) is 65.1 Å². The fourth-order valence-electron chi connectivity index (χ4n) is 8.76. The van der Waals surface area contributed by atoms with E-state index in [4.69, 9.17) is 17.0 Å². The van der Waals surface area contributed by atoms with E-state index in [1.54, 1.807) is 12.1 Å². The van der Waals surface area contributed by atoms with Gasteiger partial charge in [0.1, 0.15) is 0 Å². The number of allylic oxidation sites excluding steroid dienone is 2. The second-order valence-corrected chi connectivity index (χ2v) is 57.6. The average Bonchev–Trinajstić information content (AvgIpc) is 3.66. The SMILES string of the molecule is CCC1=Cc2c(-c3ccc(C(C(F)(F)F)(C(F)(F)F)C(F)(F)F)cc3)cccc2[CH]1[Zr]([Cl])([Cl])([CH]1C(C(C)CC)=Cc2c(C(C)CC)cccc21)[SiH](C)C.